The van der Waals surface area contributed by atoms with E-state index in [1.54, 1.807) is 11.4 Å². The molecule has 6 heteroatoms. The van der Waals surface area contributed by atoms with E-state index in [0.717, 1.165) is 19.3 Å². The van der Waals surface area contributed by atoms with Crippen LogP contribution in [-0.2, 0) is 4.79 Å². The summed E-state index contributed by atoms with van der Waals surface area (Å²) in [5.74, 6) is -0.0880. The minimum Gasteiger partial charge on any atom is -0.496 e. The van der Waals surface area contributed by atoms with E-state index in [-0.39, 0.29) is 5.91 Å². The Labute approximate surface area is 128 Å². The topological polar surface area (TPSA) is 75.6 Å². The molecular weight excluding hydrogens is 290 g/mol. The van der Waals surface area contributed by atoms with Gasteiger partial charge >= 0.3 is 5.97 Å². The van der Waals surface area contributed by atoms with Crippen LogP contribution in [-0.4, -0.2) is 29.6 Å². The first-order valence-corrected chi connectivity index (χ1v) is 8.07. The van der Waals surface area contributed by atoms with Crippen molar-refractivity contribution >= 4 is 23.2 Å². The number of hydrogen-bond acceptors (Lipinski definition) is 4. The maximum atomic E-state index is 12.3. The molecule has 1 aromatic heterocycles. The number of carboxylic acid groups (broad SMARTS) is 1. The van der Waals surface area contributed by atoms with Crippen molar-refractivity contribution in [1.82, 2.24) is 5.32 Å². The maximum Gasteiger partial charge on any atom is 0.329 e. The van der Waals surface area contributed by atoms with Gasteiger partial charge in [-0.05, 0) is 31.6 Å². The average Bonchev–Trinajstić information content (AvgIpc) is 2.97. The quantitative estimate of drug-likeness (QED) is 0.876. The molecular formula is C15H21NO4S. The third-order valence-electron chi connectivity index (χ3n) is 4.33. The molecule has 1 amide bonds. The summed E-state index contributed by atoms with van der Waals surface area (Å²) in [4.78, 5) is 24.4. The zero-order chi connectivity index (χ0) is 15.5. The lowest BCUT2D eigenvalue weighted by atomic mass is 9.75. The van der Waals surface area contributed by atoms with Crippen molar-refractivity contribution in [3.63, 3.8) is 0 Å². The number of amides is 1. The third-order valence-corrected chi connectivity index (χ3v) is 5.24. The predicted octanol–water partition coefficient (Wildman–Crippen LogP) is 2.91. The number of methoxy groups -OCH3 is 1. The van der Waals surface area contributed by atoms with Crippen molar-refractivity contribution in [2.45, 2.75) is 44.6 Å². The Kier molecular flexibility index (Phi) is 4.88. The summed E-state index contributed by atoms with van der Waals surface area (Å²) < 4.78 is 5.05. The highest BCUT2D eigenvalue weighted by atomic mass is 32.1. The molecule has 116 valence electrons. The lowest BCUT2D eigenvalue weighted by Gasteiger charge is -2.37. The number of carboxylic acids is 1. The molecule has 1 aliphatic rings. The van der Waals surface area contributed by atoms with Crippen LogP contribution in [0.25, 0.3) is 0 Å². The monoisotopic (exact) mass is 311 g/mol. The van der Waals surface area contributed by atoms with E-state index >= 15 is 0 Å². The summed E-state index contributed by atoms with van der Waals surface area (Å²) in [6, 6.07) is 1.63. The zero-order valence-corrected chi connectivity index (χ0v) is 13.2. The van der Waals surface area contributed by atoms with Crippen molar-refractivity contribution in [3.8, 4) is 5.75 Å². The molecule has 0 bridgehead atoms. The molecule has 1 heterocycles. The number of nitrogens with one attached hydrogen (secondary N) is 1. The minimum atomic E-state index is -1.13. The van der Waals surface area contributed by atoms with Gasteiger partial charge in [0.25, 0.3) is 5.91 Å². The van der Waals surface area contributed by atoms with Crippen LogP contribution in [0, 0.1) is 5.92 Å². The van der Waals surface area contributed by atoms with Crippen LogP contribution in [0.4, 0.5) is 0 Å². The molecule has 2 rings (SSSR count). The number of ether oxygens (including phenoxy) is 1. The van der Waals surface area contributed by atoms with E-state index in [4.69, 9.17) is 4.74 Å². The Balaban J connectivity index is 2.09. The molecule has 1 saturated carbocycles. The fourth-order valence-electron chi connectivity index (χ4n) is 2.79. The Morgan fingerprint density at radius 3 is 2.62 bits per heavy atom. The second kappa shape index (κ2) is 6.47. The summed E-state index contributed by atoms with van der Waals surface area (Å²) in [5.41, 5.74) is -1.13. The summed E-state index contributed by atoms with van der Waals surface area (Å²) in [6.45, 7) is 2.12. The number of carbonyl (C=O) groups excluding carboxylic acids is 1. The summed E-state index contributed by atoms with van der Waals surface area (Å²) in [6.07, 6.45) is 3.74. The van der Waals surface area contributed by atoms with Gasteiger partial charge in [-0.25, -0.2) is 4.79 Å². The molecule has 1 aliphatic carbocycles. The first kappa shape index (κ1) is 15.8. The highest BCUT2D eigenvalue weighted by molar-refractivity contribution is 7.12. The number of hydrogen-bond donors (Lipinski definition) is 2. The second-order valence-electron chi connectivity index (χ2n) is 5.54. The molecule has 0 aromatic carbocycles. The van der Waals surface area contributed by atoms with Gasteiger partial charge in [0, 0.05) is 11.4 Å². The highest BCUT2D eigenvalue weighted by Crippen LogP contribution is 2.34. The van der Waals surface area contributed by atoms with E-state index in [1.807, 2.05) is 0 Å². The summed E-state index contributed by atoms with van der Waals surface area (Å²) in [7, 11) is 1.54. The van der Waals surface area contributed by atoms with Gasteiger partial charge in [-0.1, -0.05) is 13.3 Å². The minimum absolute atomic E-state index is 0.333. The van der Waals surface area contributed by atoms with Crippen molar-refractivity contribution in [3.05, 3.63) is 16.3 Å². The lowest BCUT2D eigenvalue weighted by Crippen LogP contribution is -2.56. The van der Waals surface area contributed by atoms with Gasteiger partial charge in [0.05, 0.1) is 12.0 Å². The molecule has 1 aromatic rings. The molecule has 1 fully saturated rings. The van der Waals surface area contributed by atoms with Crippen molar-refractivity contribution < 1.29 is 19.4 Å². The third kappa shape index (κ3) is 3.37. The second-order valence-corrected chi connectivity index (χ2v) is 6.46. The lowest BCUT2D eigenvalue weighted by molar-refractivity contribution is -0.146. The smallest absolute Gasteiger partial charge is 0.329 e. The van der Waals surface area contributed by atoms with E-state index in [9.17, 15) is 14.7 Å². The molecule has 0 spiro atoms. The van der Waals surface area contributed by atoms with Crippen LogP contribution in [0.5, 0.6) is 5.75 Å². The van der Waals surface area contributed by atoms with E-state index in [1.165, 1.54) is 18.4 Å². The molecule has 0 aliphatic heterocycles. The molecule has 0 atom stereocenters. The molecule has 2 N–H and O–H groups in total. The molecule has 5 nitrogen and oxygen atoms in total. The van der Waals surface area contributed by atoms with Crippen LogP contribution in [0.2, 0.25) is 0 Å². The number of carbonyl (C=O) groups is 2. The van der Waals surface area contributed by atoms with Gasteiger partial charge < -0.3 is 15.2 Å². The van der Waals surface area contributed by atoms with E-state index in [0.29, 0.717) is 29.4 Å². The molecule has 0 unspecified atom stereocenters. The molecule has 21 heavy (non-hydrogen) atoms. The standard InChI is InChI=1S/C15H21NO4S/c1-3-10-4-6-15(7-5-10,14(18)19)16-13(17)12-8-11(20-2)9-21-12/h8-10H,3-7H2,1-2H3,(H,16,17)(H,18,19). The highest BCUT2D eigenvalue weighted by Gasteiger charge is 2.43. The van der Waals surface area contributed by atoms with Crippen molar-refractivity contribution in [2.75, 3.05) is 7.11 Å². The Morgan fingerprint density at radius 1 is 1.48 bits per heavy atom. The van der Waals surface area contributed by atoms with Crippen LogP contribution in [0.3, 0.4) is 0 Å². The molecule has 0 saturated heterocycles. The Hall–Kier alpha value is -1.56. The van der Waals surface area contributed by atoms with Crippen molar-refractivity contribution in [2.24, 2.45) is 5.92 Å². The van der Waals surface area contributed by atoms with Gasteiger partial charge in [-0.15, -0.1) is 11.3 Å². The zero-order valence-electron chi connectivity index (χ0n) is 12.3. The average molecular weight is 311 g/mol. The Morgan fingerprint density at radius 2 is 2.14 bits per heavy atom. The van der Waals surface area contributed by atoms with Crippen LogP contribution < -0.4 is 10.1 Å². The fourth-order valence-corrected chi connectivity index (χ4v) is 3.54. The van der Waals surface area contributed by atoms with Gasteiger partial charge in [0.15, 0.2) is 0 Å². The van der Waals surface area contributed by atoms with Gasteiger partial charge in [0.1, 0.15) is 11.3 Å². The number of aliphatic carboxylic acids is 1. The predicted molar refractivity (Wildman–Crippen MR) is 81.0 cm³/mol. The van der Waals surface area contributed by atoms with Crippen LogP contribution in [0.1, 0.15) is 48.7 Å². The number of rotatable bonds is 5. The largest absolute Gasteiger partial charge is 0.496 e. The van der Waals surface area contributed by atoms with Crippen LogP contribution in [0.15, 0.2) is 11.4 Å². The SMILES string of the molecule is CCC1CCC(NC(=O)c2cc(OC)cs2)(C(=O)O)CC1. The van der Waals surface area contributed by atoms with Crippen molar-refractivity contribution in [1.29, 1.82) is 0 Å². The fraction of sp³-hybridized carbons (Fsp3) is 0.600. The Bertz CT molecular complexity index is 517. The summed E-state index contributed by atoms with van der Waals surface area (Å²) in [5, 5.41) is 14.0. The van der Waals surface area contributed by atoms with Gasteiger partial charge in [0.2, 0.25) is 0 Å². The van der Waals surface area contributed by atoms with Gasteiger partial charge in [-0.2, -0.15) is 0 Å². The van der Waals surface area contributed by atoms with E-state index in [2.05, 4.69) is 12.2 Å². The first-order valence-electron chi connectivity index (χ1n) is 7.19. The first-order chi connectivity index (χ1) is 10.0. The number of thiophene rings is 1. The van der Waals surface area contributed by atoms with E-state index < -0.39 is 11.5 Å². The van der Waals surface area contributed by atoms with Gasteiger partial charge in [-0.3, -0.25) is 4.79 Å². The van der Waals surface area contributed by atoms with Crippen LogP contribution >= 0.6 is 11.3 Å². The summed E-state index contributed by atoms with van der Waals surface area (Å²) >= 11 is 1.26. The normalized spacial score (nSPS) is 25.3. The molecule has 0 radical (unpaired) electrons. The maximum absolute atomic E-state index is 12.3.